The zero-order chi connectivity index (χ0) is 14.4. The Balaban J connectivity index is 0. The topological polar surface area (TPSA) is 37.3 Å². The van der Waals surface area contributed by atoms with Crippen LogP contribution in [0.25, 0.3) is 0 Å². The Hall–Kier alpha value is 0.557. The largest absolute Gasteiger partial charge is 0.481 e. The lowest BCUT2D eigenvalue weighted by atomic mass is 10.1. The molecule has 0 aliphatic heterocycles. The maximum atomic E-state index is 9.00. The number of unbranched alkanes of at least 4 members (excludes halogenated alkanes) is 7. The maximum absolute atomic E-state index is 9.00. The summed E-state index contributed by atoms with van der Waals surface area (Å²) < 4.78 is 0. The van der Waals surface area contributed by atoms with Gasteiger partial charge in [-0.3, -0.25) is 4.79 Å². The van der Waals surface area contributed by atoms with Gasteiger partial charge in [0.25, 0.3) is 5.97 Å². The molecular formula is C12H25Cl3O2Si. The standard InChI is InChI=1S/C10H21Cl3Si.C2H4O2/c1-2-3-4-5-6-7-8-9-10-14(11,12)13;1-2(3)4/h2-10H2,1H3;1H3,(H,3,4). The van der Waals surface area contributed by atoms with E-state index in [0.29, 0.717) is 0 Å². The number of hydrogen-bond donors (Lipinski definition) is 1. The van der Waals surface area contributed by atoms with E-state index < -0.39 is 12.0 Å². The fourth-order valence-electron chi connectivity index (χ4n) is 1.46. The summed E-state index contributed by atoms with van der Waals surface area (Å²) in [4.78, 5) is 9.00. The van der Waals surface area contributed by atoms with Crippen LogP contribution in [0.15, 0.2) is 0 Å². The molecule has 0 rings (SSSR count). The first-order chi connectivity index (χ1) is 8.29. The Labute approximate surface area is 126 Å². The highest BCUT2D eigenvalue weighted by atomic mass is 35.8. The molecule has 1 N–H and O–H groups in total. The molecule has 0 aromatic carbocycles. The van der Waals surface area contributed by atoms with Crippen molar-refractivity contribution in [1.82, 2.24) is 0 Å². The van der Waals surface area contributed by atoms with Crippen LogP contribution in [0.5, 0.6) is 0 Å². The molecule has 0 aliphatic rings. The summed E-state index contributed by atoms with van der Waals surface area (Å²) in [6.07, 6.45) is 10.4. The molecule has 0 aromatic rings. The van der Waals surface area contributed by atoms with Crippen LogP contribution in [0.2, 0.25) is 6.04 Å². The van der Waals surface area contributed by atoms with Crippen molar-refractivity contribution in [2.45, 2.75) is 71.3 Å². The zero-order valence-corrected chi connectivity index (χ0v) is 14.6. The third kappa shape index (κ3) is 30.0. The summed E-state index contributed by atoms with van der Waals surface area (Å²) in [6, 6.07) is -1.50. The van der Waals surface area contributed by atoms with E-state index >= 15 is 0 Å². The van der Waals surface area contributed by atoms with Crippen molar-refractivity contribution in [1.29, 1.82) is 0 Å². The molecule has 0 saturated carbocycles. The minimum absolute atomic E-state index is 0.826. The number of halogens is 3. The fraction of sp³-hybridized carbons (Fsp3) is 0.917. The van der Waals surface area contributed by atoms with E-state index in [1.54, 1.807) is 0 Å². The SMILES string of the molecule is CC(=O)O.CCCCCCCCCC[Si](Cl)(Cl)Cl. The highest BCUT2D eigenvalue weighted by Crippen LogP contribution is 2.27. The first-order valence-electron chi connectivity index (χ1n) is 6.56. The Morgan fingerprint density at radius 2 is 1.28 bits per heavy atom. The molecule has 0 saturated heterocycles. The van der Waals surface area contributed by atoms with Crippen molar-refractivity contribution >= 4 is 45.2 Å². The van der Waals surface area contributed by atoms with Crippen LogP contribution in [0.4, 0.5) is 0 Å². The second-order valence-corrected chi connectivity index (χ2v) is 13.6. The Kier molecular flexibility index (Phi) is 16.2. The number of carbonyl (C=O) groups is 1. The molecule has 0 spiro atoms. The minimum atomic E-state index is -2.32. The fourth-order valence-corrected chi connectivity index (χ4v) is 3.31. The first kappa shape index (κ1) is 20.9. The number of carboxylic acids is 1. The average Bonchev–Trinajstić information content (AvgIpc) is 2.19. The number of hydrogen-bond acceptors (Lipinski definition) is 1. The van der Waals surface area contributed by atoms with Crippen LogP contribution in [-0.4, -0.2) is 17.1 Å². The predicted octanol–water partition coefficient (Wildman–Crippen LogP) is 5.87. The lowest BCUT2D eigenvalue weighted by molar-refractivity contribution is -0.134. The van der Waals surface area contributed by atoms with Gasteiger partial charge in [-0.2, -0.15) is 0 Å². The summed E-state index contributed by atoms with van der Waals surface area (Å²) >= 11 is 17.4. The van der Waals surface area contributed by atoms with Crippen molar-refractivity contribution in [3.05, 3.63) is 0 Å². The van der Waals surface area contributed by atoms with E-state index in [4.69, 9.17) is 43.1 Å². The molecule has 0 aliphatic carbocycles. The molecule has 0 aromatic heterocycles. The Morgan fingerprint density at radius 3 is 1.61 bits per heavy atom. The van der Waals surface area contributed by atoms with Crippen molar-refractivity contribution < 1.29 is 9.90 Å². The second kappa shape index (κ2) is 14.0. The predicted molar refractivity (Wildman–Crippen MR) is 84.0 cm³/mol. The maximum Gasteiger partial charge on any atom is 0.341 e. The van der Waals surface area contributed by atoms with Gasteiger partial charge < -0.3 is 5.11 Å². The third-order valence-electron chi connectivity index (χ3n) is 2.31. The molecule has 0 bridgehead atoms. The highest BCUT2D eigenvalue weighted by Gasteiger charge is 2.23. The van der Waals surface area contributed by atoms with E-state index in [2.05, 4.69) is 6.92 Å². The van der Waals surface area contributed by atoms with Gasteiger partial charge in [0.2, 0.25) is 0 Å². The molecule has 0 amide bonds. The molecule has 0 atom stereocenters. The van der Waals surface area contributed by atoms with E-state index in [1.165, 1.54) is 44.9 Å². The zero-order valence-electron chi connectivity index (χ0n) is 11.4. The van der Waals surface area contributed by atoms with Crippen LogP contribution in [0.1, 0.15) is 65.2 Å². The van der Waals surface area contributed by atoms with Crippen molar-refractivity contribution in [3.63, 3.8) is 0 Å². The molecule has 110 valence electrons. The van der Waals surface area contributed by atoms with Gasteiger partial charge in [0.15, 0.2) is 0 Å². The number of aliphatic carboxylic acids is 1. The van der Waals surface area contributed by atoms with E-state index in [1.807, 2.05) is 0 Å². The Morgan fingerprint density at radius 1 is 0.944 bits per heavy atom. The summed E-state index contributed by atoms with van der Waals surface area (Å²) in [7, 11) is 0. The lowest BCUT2D eigenvalue weighted by Crippen LogP contribution is -2.07. The Bertz CT molecular complexity index is 192. The first-order valence-corrected chi connectivity index (χ1v) is 11.8. The van der Waals surface area contributed by atoms with Crippen LogP contribution in [-0.2, 0) is 4.79 Å². The van der Waals surface area contributed by atoms with Crippen molar-refractivity contribution in [2.75, 3.05) is 0 Å². The van der Waals surface area contributed by atoms with E-state index in [0.717, 1.165) is 19.4 Å². The van der Waals surface area contributed by atoms with Crippen LogP contribution >= 0.6 is 33.2 Å². The van der Waals surface area contributed by atoms with Crippen LogP contribution in [0.3, 0.4) is 0 Å². The summed E-state index contributed by atoms with van der Waals surface area (Å²) in [6.45, 7) is 3.33. The van der Waals surface area contributed by atoms with E-state index in [9.17, 15) is 0 Å². The van der Waals surface area contributed by atoms with Gasteiger partial charge in [-0.1, -0.05) is 58.3 Å². The van der Waals surface area contributed by atoms with Crippen LogP contribution in [0, 0.1) is 0 Å². The van der Waals surface area contributed by atoms with Gasteiger partial charge >= 0.3 is 6.00 Å². The molecule has 0 radical (unpaired) electrons. The monoisotopic (exact) mass is 334 g/mol. The summed E-state index contributed by atoms with van der Waals surface area (Å²) in [5.74, 6) is -0.833. The van der Waals surface area contributed by atoms with E-state index in [-0.39, 0.29) is 0 Å². The summed E-state index contributed by atoms with van der Waals surface area (Å²) in [5.41, 5.74) is 0. The highest BCUT2D eigenvalue weighted by molar-refractivity contribution is 7.64. The van der Waals surface area contributed by atoms with Gasteiger partial charge in [-0.15, -0.1) is 33.2 Å². The van der Waals surface area contributed by atoms with Crippen molar-refractivity contribution in [2.24, 2.45) is 0 Å². The van der Waals surface area contributed by atoms with Gasteiger partial charge in [-0.25, -0.2) is 0 Å². The second-order valence-electron chi connectivity index (χ2n) is 4.36. The lowest BCUT2D eigenvalue weighted by Gasteiger charge is -2.06. The van der Waals surface area contributed by atoms with Crippen LogP contribution < -0.4 is 0 Å². The quantitative estimate of drug-likeness (QED) is 0.325. The smallest absolute Gasteiger partial charge is 0.341 e. The molecular weight excluding hydrogens is 311 g/mol. The normalized spacial score (nSPS) is 10.7. The number of rotatable bonds is 9. The minimum Gasteiger partial charge on any atom is -0.481 e. The molecule has 0 fully saturated rings. The van der Waals surface area contributed by atoms with Crippen molar-refractivity contribution in [3.8, 4) is 0 Å². The average molecular weight is 336 g/mol. The summed E-state index contributed by atoms with van der Waals surface area (Å²) in [5, 5.41) is 7.42. The van der Waals surface area contributed by atoms with Gasteiger partial charge in [0.05, 0.1) is 0 Å². The van der Waals surface area contributed by atoms with Gasteiger partial charge in [0, 0.05) is 6.92 Å². The molecule has 0 heterocycles. The molecule has 18 heavy (non-hydrogen) atoms. The molecule has 6 heteroatoms. The third-order valence-corrected chi connectivity index (χ3v) is 4.94. The molecule has 0 unspecified atom stereocenters. The molecule has 2 nitrogen and oxygen atoms in total. The number of carboxylic acid groups (broad SMARTS) is 1. The van der Waals surface area contributed by atoms with Gasteiger partial charge in [-0.05, 0) is 6.04 Å². The van der Waals surface area contributed by atoms with Gasteiger partial charge in [0.1, 0.15) is 0 Å².